The number of nitrogens with one attached hydrogen (secondary N) is 1. The van der Waals surface area contributed by atoms with Crippen LogP contribution in [0.2, 0.25) is 0 Å². The van der Waals surface area contributed by atoms with Crippen LogP contribution in [0, 0.1) is 5.41 Å². The lowest BCUT2D eigenvalue weighted by Crippen LogP contribution is -2.50. The highest BCUT2D eigenvalue weighted by Gasteiger charge is 2.37. The molecule has 2 amide bonds. The molecule has 0 radical (unpaired) electrons. The Bertz CT molecular complexity index is 511. The SMILES string of the molecule is NCCN1CCC2(CC1)CCN(CC(=O)NCC(=O)N1CCC(O)C1)CC2. The number of aliphatic hydroxyl groups is 1. The first-order chi connectivity index (χ1) is 13.0. The van der Waals surface area contributed by atoms with E-state index in [0.29, 0.717) is 31.5 Å². The Morgan fingerprint density at radius 3 is 2.22 bits per heavy atom. The van der Waals surface area contributed by atoms with Gasteiger partial charge in [-0.05, 0) is 63.7 Å². The summed E-state index contributed by atoms with van der Waals surface area (Å²) in [6.07, 6.45) is 4.99. The van der Waals surface area contributed by atoms with Gasteiger partial charge in [0, 0.05) is 26.2 Å². The van der Waals surface area contributed by atoms with Crippen molar-refractivity contribution in [2.75, 3.05) is 65.4 Å². The van der Waals surface area contributed by atoms with Crippen molar-refractivity contribution in [2.45, 2.75) is 38.2 Å². The molecule has 8 heteroatoms. The number of β-amino-alcohol motifs (C(OH)–C–C–N with tert-alkyl or cyclic N) is 1. The molecule has 0 aromatic heterocycles. The third-order valence-corrected chi connectivity index (χ3v) is 6.60. The van der Waals surface area contributed by atoms with E-state index >= 15 is 0 Å². The van der Waals surface area contributed by atoms with E-state index in [4.69, 9.17) is 5.73 Å². The van der Waals surface area contributed by atoms with Crippen LogP contribution < -0.4 is 11.1 Å². The van der Waals surface area contributed by atoms with E-state index in [1.807, 2.05) is 0 Å². The number of carbonyl (C=O) groups excluding carboxylic acids is 2. The quantitative estimate of drug-likeness (QED) is 0.536. The standard InChI is InChI=1S/C19H35N5O3/c20-6-12-22-8-2-19(3-9-22)4-10-23(11-5-19)15-17(26)21-13-18(27)24-7-1-16(25)14-24/h16,25H,1-15,20H2,(H,21,26). The van der Waals surface area contributed by atoms with Crippen molar-refractivity contribution in [3.05, 3.63) is 0 Å². The van der Waals surface area contributed by atoms with Crippen molar-refractivity contribution in [2.24, 2.45) is 11.1 Å². The summed E-state index contributed by atoms with van der Waals surface area (Å²) in [5, 5.41) is 12.2. The summed E-state index contributed by atoms with van der Waals surface area (Å²) in [5.74, 6) is -0.196. The molecule has 0 bridgehead atoms. The molecule has 1 spiro atoms. The number of rotatable bonds is 6. The molecule has 3 rings (SSSR count). The van der Waals surface area contributed by atoms with Crippen molar-refractivity contribution in [3.8, 4) is 0 Å². The zero-order chi connectivity index (χ0) is 19.3. The number of nitrogens with two attached hydrogens (primary N) is 1. The minimum Gasteiger partial charge on any atom is -0.391 e. The van der Waals surface area contributed by atoms with Crippen LogP contribution in [0.3, 0.4) is 0 Å². The van der Waals surface area contributed by atoms with Crippen molar-refractivity contribution in [3.63, 3.8) is 0 Å². The molecule has 0 aromatic rings. The summed E-state index contributed by atoms with van der Waals surface area (Å²) in [4.78, 5) is 30.5. The first-order valence-corrected chi connectivity index (χ1v) is 10.4. The van der Waals surface area contributed by atoms with E-state index in [0.717, 1.165) is 52.1 Å². The Morgan fingerprint density at radius 1 is 1.04 bits per heavy atom. The second kappa shape index (κ2) is 9.32. The maximum absolute atomic E-state index is 12.2. The number of nitrogens with zero attached hydrogens (tertiary/aromatic N) is 3. The third-order valence-electron chi connectivity index (χ3n) is 6.60. The van der Waals surface area contributed by atoms with Crippen LogP contribution >= 0.6 is 0 Å². The number of hydrogen-bond acceptors (Lipinski definition) is 6. The van der Waals surface area contributed by atoms with Gasteiger partial charge >= 0.3 is 0 Å². The van der Waals surface area contributed by atoms with E-state index in [-0.39, 0.29) is 18.4 Å². The molecule has 1 atom stereocenters. The highest BCUT2D eigenvalue weighted by Crippen LogP contribution is 2.41. The van der Waals surface area contributed by atoms with Gasteiger partial charge in [-0.2, -0.15) is 0 Å². The normalized spacial score (nSPS) is 26.4. The second-order valence-corrected chi connectivity index (χ2v) is 8.47. The van der Waals surface area contributed by atoms with Crippen LogP contribution in [0.1, 0.15) is 32.1 Å². The van der Waals surface area contributed by atoms with Gasteiger partial charge in [0.1, 0.15) is 0 Å². The van der Waals surface area contributed by atoms with Gasteiger partial charge in [-0.3, -0.25) is 14.5 Å². The lowest BCUT2D eigenvalue weighted by atomic mass is 9.71. The fourth-order valence-corrected chi connectivity index (χ4v) is 4.63. The topological polar surface area (TPSA) is 102 Å². The number of hydrogen-bond donors (Lipinski definition) is 3. The molecule has 0 aromatic carbocycles. The molecule has 3 heterocycles. The van der Waals surface area contributed by atoms with Gasteiger partial charge in [-0.25, -0.2) is 0 Å². The summed E-state index contributed by atoms with van der Waals surface area (Å²) < 4.78 is 0. The van der Waals surface area contributed by atoms with E-state index in [1.54, 1.807) is 4.90 Å². The lowest BCUT2D eigenvalue weighted by molar-refractivity contribution is -0.132. The Labute approximate surface area is 162 Å². The zero-order valence-corrected chi connectivity index (χ0v) is 16.4. The fraction of sp³-hybridized carbons (Fsp3) is 0.895. The van der Waals surface area contributed by atoms with Crippen LogP contribution in [-0.4, -0.2) is 103 Å². The Kier molecular flexibility index (Phi) is 7.08. The first-order valence-electron chi connectivity index (χ1n) is 10.4. The first kappa shape index (κ1) is 20.5. The van der Waals surface area contributed by atoms with Crippen LogP contribution in [0.4, 0.5) is 0 Å². The molecule has 4 N–H and O–H groups in total. The molecule has 1 unspecified atom stereocenters. The van der Waals surface area contributed by atoms with Gasteiger partial charge in [0.2, 0.25) is 11.8 Å². The van der Waals surface area contributed by atoms with Crippen LogP contribution in [0.5, 0.6) is 0 Å². The van der Waals surface area contributed by atoms with Gasteiger partial charge in [0.25, 0.3) is 0 Å². The van der Waals surface area contributed by atoms with Crippen molar-refractivity contribution in [1.29, 1.82) is 0 Å². The summed E-state index contributed by atoms with van der Waals surface area (Å²) in [7, 11) is 0. The number of piperidine rings is 2. The molecule has 0 saturated carbocycles. The van der Waals surface area contributed by atoms with Gasteiger partial charge in [0.15, 0.2) is 0 Å². The predicted octanol–water partition coefficient (Wildman–Crippen LogP) is -1.17. The average molecular weight is 382 g/mol. The summed E-state index contributed by atoms with van der Waals surface area (Å²) in [5.41, 5.74) is 6.11. The van der Waals surface area contributed by atoms with E-state index in [2.05, 4.69) is 15.1 Å². The molecule has 3 aliphatic heterocycles. The molecule has 27 heavy (non-hydrogen) atoms. The molecule has 154 valence electrons. The van der Waals surface area contributed by atoms with Gasteiger partial charge in [0.05, 0.1) is 19.2 Å². The van der Waals surface area contributed by atoms with Gasteiger partial charge in [-0.15, -0.1) is 0 Å². The van der Waals surface area contributed by atoms with Crippen LogP contribution in [0.15, 0.2) is 0 Å². The molecular weight excluding hydrogens is 346 g/mol. The van der Waals surface area contributed by atoms with Gasteiger partial charge < -0.3 is 26.0 Å². The second-order valence-electron chi connectivity index (χ2n) is 8.47. The van der Waals surface area contributed by atoms with Crippen molar-refractivity contribution < 1.29 is 14.7 Å². The molecule has 3 aliphatic rings. The Hall–Kier alpha value is -1.22. The number of aliphatic hydroxyl groups excluding tert-OH is 1. The largest absolute Gasteiger partial charge is 0.391 e. The minimum absolute atomic E-state index is 0.0281. The van der Waals surface area contributed by atoms with Gasteiger partial charge in [-0.1, -0.05) is 0 Å². The molecular formula is C19H35N5O3. The van der Waals surface area contributed by atoms with E-state index in [1.165, 1.54) is 12.8 Å². The molecule has 8 nitrogen and oxygen atoms in total. The van der Waals surface area contributed by atoms with Crippen LogP contribution in [0.25, 0.3) is 0 Å². The Balaban J connectivity index is 1.33. The highest BCUT2D eigenvalue weighted by atomic mass is 16.3. The number of amides is 2. The summed E-state index contributed by atoms with van der Waals surface area (Å²) >= 11 is 0. The summed E-state index contributed by atoms with van der Waals surface area (Å²) in [6.45, 7) is 7.28. The molecule has 0 aliphatic carbocycles. The maximum Gasteiger partial charge on any atom is 0.242 e. The van der Waals surface area contributed by atoms with Crippen molar-refractivity contribution in [1.82, 2.24) is 20.0 Å². The maximum atomic E-state index is 12.2. The third kappa shape index (κ3) is 5.63. The zero-order valence-electron chi connectivity index (χ0n) is 16.4. The monoisotopic (exact) mass is 381 g/mol. The van der Waals surface area contributed by atoms with E-state index in [9.17, 15) is 14.7 Å². The average Bonchev–Trinajstić information content (AvgIpc) is 3.11. The minimum atomic E-state index is -0.424. The molecule has 3 saturated heterocycles. The highest BCUT2D eigenvalue weighted by molar-refractivity contribution is 5.85. The fourth-order valence-electron chi connectivity index (χ4n) is 4.63. The smallest absolute Gasteiger partial charge is 0.242 e. The van der Waals surface area contributed by atoms with Crippen molar-refractivity contribution >= 4 is 11.8 Å². The predicted molar refractivity (Wildman–Crippen MR) is 103 cm³/mol. The number of likely N-dealkylation sites (tertiary alicyclic amines) is 3. The molecule has 3 fully saturated rings. The van der Waals surface area contributed by atoms with Crippen LogP contribution in [-0.2, 0) is 9.59 Å². The Morgan fingerprint density at radius 2 is 1.67 bits per heavy atom. The lowest BCUT2D eigenvalue weighted by Gasteiger charge is -2.46. The van der Waals surface area contributed by atoms with E-state index < -0.39 is 6.10 Å². The number of carbonyl (C=O) groups is 2. The summed E-state index contributed by atoms with van der Waals surface area (Å²) in [6, 6.07) is 0.